The maximum absolute atomic E-state index is 14.1. The molecular formula is C17H20F2N2. The number of pyridine rings is 1. The van der Waals surface area contributed by atoms with Crippen LogP contribution in [0.2, 0.25) is 0 Å². The third kappa shape index (κ3) is 3.45. The Morgan fingerprint density at radius 2 is 1.76 bits per heavy atom. The van der Waals surface area contributed by atoms with Crippen molar-refractivity contribution in [3.05, 3.63) is 64.5 Å². The van der Waals surface area contributed by atoms with Gasteiger partial charge < -0.3 is 5.32 Å². The number of rotatable bonds is 5. The molecule has 0 bridgehead atoms. The summed E-state index contributed by atoms with van der Waals surface area (Å²) in [5, 5.41) is 3.22. The molecule has 1 aromatic carbocycles. The average molecular weight is 290 g/mol. The molecule has 112 valence electrons. The minimum atomic E-state index is -0.538. The van der Waals surface area contributed by atoms with Gasteiger partial charge in [0.25, 0.3) is 0 Å². The van der Waals surface area contributed by atoms with Gasteiger partial charge in [0.15, 0.2) is 0 Å². The summed E-state index contributed by atoms with van der Waals surface area (Å²) in [7, 11) is 0. The van der Waals surface area contributed by atoms with E-state index in [1.807, 2.05) is 32.9 Å². The van der Waals surface area contributed by atoms with Gasteiger partial charge in [-0.1, -0.05) is 19.1 Å². The van der Waals surface area contributed by atoms with Crippen LogP contribution < -0.4 is 5.32 Å². The van der Waals surface area contributed by atoms with Gasteiger partial charge in [-0.15, -0.1) is 0 Å². The maximum Gasteiger partial charge on any atom is 0.131 e. The summed E-state index contributed by atoms with van der Waals surface area (Å²) < 4.78 is 28.2. The van der Waals surface area contributed by atoms with Crippen molar-refractivity contribution in [2.45, 2.75) is 33.2 Å². The highest BCUT2D eigenvalue weighted by molar-refractivity contribution is 5.36. The summed E-state index contributed by atoms with van der Waals surface area (Å²) in [6, 6.07) is 7.18. The molecule has 4 heteroatoms. The molecule has 1 unspecified atom stereocenters. The summed E-state index contributed by atoms with van der Waals surface area (Å²) >= 11 is 0. The number of benzene rings is 1. The van der Waals surface area contributed by atoms with Crippen molar-refractivity contribution in [3.8, 4) is 0 Å². The van der Waals surface area contributed by atoms with Crippen LogP contribution >= 0.6 is 0 Å². The van der Waals surface area contributed by atoms with Crippen LogP contribution in [0, 0.1) is 25.5 Å². The van der Waals surface area contributed by atoms with Crippen LogP contribution in [0.4, 0.5) is 8.78 Å². The number of aromatic nitrogens is 1. The zero-order chi connectivity index (χ0) is 15.4. The molecule has 0 fully saturated rings. The summed E-state index contributed by atoms with van der Waals surface area (Å²) in [6.45, 7) is 6.45. The molecule has 0 aliphatic carbocycles. The van der Waals surface area contributed by atoms with Gasteiger partial charge in [0.2, 0.25) is 0 Å². The molecule has 0 saturated heterocycles. The zero-order valence-electron chi connectivity index (χ0n) is 12.6. The lowest BCUT2D eigenvalue weighted by atomic mass is 9.96. The minimum Gasteiger partial charge on any atom is -0.306 e. The first-order valence-electron chi connectivity index (χ1n) is 7.16. The van der Waals surface area contributed by atoms with E-state index in [4.69, 9.17) is 0 Å². The van der Waals surface area contributed by atoms with E-state index in [1.54, 1.807) is 0 Å². The molecular weight excluding hydrogens is 270 g/mol. The number of aryl methyl sites for hydroxylation is 2. The highest BCUT2D eigenvalue weighted by Crippen LogP contribution is 2.28. The predicted molar refractivity (Wildman–Crippen MR) is 80.2 cm³/mol. The minimum absolute atomic E-state index is 0.0553. The van der Waals surface area contributed by atoms with Crippen LogP contribution in [0.15, 0.2) is 30.3 Å². The van der Waals surface area contributed by atoms with Crippen LogP contribution in [-0.2, 0) is 0 Å². The Labute approximate surface area is 124 Å². The van der Waals surface area contributed by atoms with Crippen LogP contribution in [0.3, 0.4) is 0 Å². The number of hydrogen-bond donors (Lipinski definition) is 1. The third-order valence-corrected chi connectivity index (χ3v) is 3.46. The first-order valence-corrected chi connectivity index (χ1v) is 7.16. The average Bonchev–Trinajstić information content (AvgIpc) is 2.43. The molecule has 0 aliphatic rings. The van der Waals surface area contributed by atoms with E-state index in [0.717, 1.165) is 23.4 Å². The van der Waals surface area contributed by atoms with Crippen LogP contribution in [0.25, 0.3) is 0 Å². The smallest absolute Gasteiger partial charge is 0.131 e. The fourth-order valence-corrected chi connectivity index (χ4v) is 2.45. The molecule has 1 aromatic heterocycles. The Hall–Kier alpha value is -1.81. The van der Waals surface area contributed by atoms with Crippen molar-refractivity contribution < 1.29 is 8.78 Å². The van der Waals surface area contributed by atoms with E-state index in [9.17, 15) is 8.78 Å². The molecule has 0 spiro atoms. The lowest BCUT2D eigenvalue weighted by Crippen LogP contribution is -2.26. The van der Waals surface area contributed by atoms with Crippen LogP contribution in [0.1, 0.15) is 41.9 Å². The van der Waals surface area contributed by atoms with E-state index in [2.05, 4.69) is 10.3 Å². The highest BCUT2D eigenvalue weighted by Gasteiger charge is 2.23. The Bertz CT molecular complexity index is 606. The second-order valence-electron chi connectivity index (χ2n) is 5.15. The molecule has 0 radical (unpaired) electrons. The summed E-state index contributed by atoms with van der Waals surface area (Å²) in [5.41, 5.74) is 2.53. The summed E-state index contributed by atoms with van der Waals surface area (Å²) in [6.07, 6.45) is 0.880. The van der Waals surface area contributed by atoms with E-state index < -0.39 is 17.7 Å². The largest absolute Gasteiger partial charge is 0.306 e. The highest BCUT2D eigenvalue weighted by atomic mass is 19.1. The Morgan fingerprint density at radius 1 is 1.10 bits per heavy atom. The van der Waals surface area contributed by atoms with Crippen molar-refractivity contribution in [1.29, 1.82) is 0 Å². The fourth-order valence-electron chi connectivity index (χ4n) is 2.45. The number of nitrogens with one attached hydrogen (secondary N) is 1. The first kappa shape index (κ1) is 15.6. The quantitative estimate of drug-likeness (QED) is 0.898. The Balaban J connectivity index is 2.52. The number of hydrogen-bond acceptors (Lipinski definition) is 2. The van der Waals surface area contributed by atoms with E-state index in [0.29, 0.717) is 6.54 Å². The fraction of sp³-hybridized carbons (Fsp3) is 0.353. The second kappa shape index (κ2) is 6.76. The Kier molecular flexibility index (Phi) is 5.02. The van der Waals surface area contributed by atoms with Crippen LogP contribution in [0.5, 0.6) is 0 Å². The lowest BCUT2D eigenvalue weighted by molar-refractivity contribution is 0.501. The van der Waals surface area contributed by atoms with Gasteiger partial charge in [-0.3, -0.25) is 4.98 Å². The van der Waals surface area contributed by atoms with Gasteiger partial charge in [-0.05, 0) is 50.6 Å². The van der Waals surface area contributed by atoms with Gasteiger partial charge in [0.05, 0.1) is 6.04 Å². The first-order chi connectivity index (χ1) is 10.0. The molecule has 2 aromatic rings. The molecule has 0 aliphatic heterocycles. The zero-order valence-corrected chi connectivity index (χ0v) is 12.6. The van der Waals surface area contributed by atoms with Crippen molar-refractivity contribution in [3.63, 3.8) is 0 Å². The maximum atomic E-state index is 14.1. The molecule has 0 saturated carbocycles. The molecule has 21 heavy (non-hydrogen) atoms. The van der Waals surface area contributed by atoms with Gasteiger partial charge in [0.1, 0.15) is 11.6 Å². The predicted octanol–water partition coefficient (Wildman–Crippen LogP) is 4.07. The second-order valence-corrected chi connectivity index (χ2v) is 5.15. The molecule has 1 N–H and O–H groups in total. The molecule has 0 amide bonds. The van der Waals surface area contributed by atoms with Crippen molar-refractivity contribution >= 4 is 0 Å². The monoisotopic (exact) mass is 290 g/mol. The number of halogens is 2. The van der Waals surface area contributed by atoms with Gasteiger partial charge in [-0.25, -0.2) is 8.78 Å². The van der Waals surface area contributed by atoms with Gasteiger partial charge in [-0.2, -0.15) is 0 Å². The molecule has 1 heterocycles. The van der Waals surface area contributed by atoms with E-state index >= 15 is 0 Å². The molecule has 1 atom stereocenters. The van der Waals surface area contributed by atoms with E-state index in [1.165, 1.54) is 18.2 Å². The van der Waals surface area contributed by atoms with Crippen LogP contribution in [-0.4, -0.2) is 11.5 Å². The van der Waals surface area contributed by atoms with Crippen molar-refractivity contribution in [2.75, 3.05) is 6.54 Å². The lowest BCUT2D eigenvalue weighted by Gasteiger charge is -2.22. The van der Waals surface area contributed by atoms with Gasteiger partial charge >= 0.3 is 0 Å². The van der Waals surface area contributed by atoms with Crippen molar-refractivity contribution in [1.82, 2.24) is 10.3 Å². The normalized spacial score (nSPS) is 12.4. The molecule has 2 nitrogen and oxygen atoms in total. The summed E-state index contributed by atoms with van der Waals surface area (Å²) in [4.78, 5) is 4.40. The Morgan fingerprint density at radius 3 is 2.33 bits per heavy atom. The third-order valence-electron chi connectivity index (χ3n) is 3.46. The van der Waals surface area contributed by atoms with Crippen molar-refractivity contribution in [2.24, 2.45) is 0 Å². The SMILES string of the molecule is CCCNC(c1ccc(C)nc1C)c1c(F)cccc1F. The number of nitrogens with zero attached hydrogens (tertiary/aromatic N) is 1. The summed E-state index contributed by atoms with van der Waals surface area (Å²) in [5.74, 6) is -1.08. The van der Waals surface area contributed by atoms with E-state index in [-0.39, 0.29) is 5.56 Å². The standard InChI is InChI=1S/C17H20F2N2/c1-4-10-20-17(13-9-8-11(2)21-12(13)3)16-14(18)6-5-7-15(16)19/h5-9,17,20H,4,10H2,1-3H3. The van der Waals surface area contributed by atoms with Gasteiger partial charge in [0, 0.05) is 17.0 Å². The topological polar surface area (TPSA) is 24.9 Å². The molecule has 2 rings (SSSR count).